The van der Waals surface area contributed by atoms with E-state index in [1.807, 2.05) is 43.3 Å². The summed E-state index contributed by atoms with van der Waals surface area (Å²) in [5.74, 6) is -0.586. The van der Waals surface area contributed by atoms with Crippen LogP contribution in [0.3, 0.4) is 0 Å². The van der Waals surface area contributed by atoms with Gasteiger partial charge in [0.1, 0.15) is 23.5 Å². The first-order valence-electron chi connectivity index (χ1n) is 8.85. The number of amides is 2. The van der Waals surface area contributed by atoms with Gasteiger partial charge in [-0.05, 0) is 30.2 Å². The second-order valence-electron chi connectivity index (χ2n) is 6.45. The van der Waals surface area contributed by atoms with Crippen LogP contribution in [0.2, 0.25) is 0 Å². The van der Waals surface area contributed by atoms with E-state index < -0.39 is 0 Å². The van der Waals surface area contributed by atoms with Gasteiger partial charge in [0, 0.05) is 18.9 Å². The van der Waals surface area contributed by atoms with Crippen molar-refractivity contribution in [3.8, 4) is 12.1 Å². The Morgan fingerprint density at radius 2 is 1.52 bits per heavy atom. The Labute approximate surface area is 167 Å². The van der Waals surface area contributed by atoms with E-state index in [1.54, 1.807) is 0 Å². The molecule has 2 heterocycles. The molecule has 0 radical (unpaired) electrons. The molecule has 2 amide bonds. The topological polar surface area (TPSA) is 137 Å². The second-order valence-corrected chi connectivity index (χ2v) is 6.45. The van der Waals surface area contributed by atoms with Gasteiger partial charge in [-0.15, -0.1) is 0 Å². The van der Waals surface area contributed by atoms with Crippen molar-refractivity contribution in [1.29, 1.82) is 10.5 Å². The highest BCUT2D eigenvalue weighted by Gasteiger charge is 2.13. The molecule has 1 unspecified atom stereocenters. The normalized spacial score (nSPS) is 11.1. The third-order valence-electron chi connectivity index (χ3n) is 4.39. The van der Waals surface area contributed by atoms with E-state index in [-0.39, 0.29) is 17.9 Å². The van der Waals surface area contributed by atoms with Crippen LogP contribution in [-0.2, 0) is 6.54 Å². The maximum Gasteiger partial charge on any atom is 0.268 e. The maximum absolute atomic E-state index is 12.2. The van der Waals surface area contributed by atoms with Crippen molar-refractivity contribution >= 4 is 11.8 Å². The fourth-order valence-electron chi connectivity index (χ4n) is 2.74. The minimum absolute atomic E-state index is 0.233. The quantitative estimate of drug-likeness (QED) is 0.517. The molecule has 0 saturated carbocycles. The molecule has 0 aliphatic carbocycles. The van der Waals surface area contributed by atoms with E-state index in [0.717, 1.165) is 11.1 Å². The van der Waals surface area contributed by atoms with E-state index in [0.29, 0.717) is 29.1 Å². The summed E-state index contributed by atoms with van der Waals surface area (Å²) in [6.45, 7) is 2.20. The Bertz CT molecular complexity index is 1110. The molecule has 2 aromatic heterocycles. The monoisotopic (exact) mass is 386 g/mol. The van der Waals surface area contributed by atoms with Gasteiger partial charge in [0.2, 0.25) is 0 Å². The molecule has 0 bridgehead atoms. The van der Waals surface area contributed by atoms with Crippen LogP contribution in [0.15, 0.2) is 48.8 Å². The summed E-state index contributed by atoms with van der Waals surface area (Å²) in [4.78, 5) is 29.8. The lowest BCUT2D eigenvalue weighted by atomic mass is 10.1. The molecule has 8 heteroatoms. The lowest BCUT2D eigenvalue weighted by Crippen LogP contribution is -2.27. The smallest absolute Gasteiger partial charge is 0.268 e. The molecular formula is C21H18N6O2. The Morgan fingerprint density at radius 1 is 0.966 bits per heavy atom. The molecular weight excluding hydrogens is 368 g/mol. The standard InChI is InChI=1S/C21H18N6O2/c1-13(27-21(29)19-7-16(9-23)12-25-19)17-4-2-14(3-5-17)10-26-20(28)18-6-15(8-22)11-24-18/h2-7,11-13,24-25H,10H2,1H3,(H,26,28)(H,27,29). The Morgan fingerprint density at radius 3 is 2.03 bits per heavy atom. The Hall–Kier alpha value is -4.30. The van der Waals surface area contributed by atoms with Gasteiger partial charge in [-0.2, -0.15) is 10.5 Å². The molecule has 0 aliphatic rings. The molecule has 4 N–H and O–H groups in total. The second kappa shape index (κ2) is 8.59. The van der Waals surface area contributed by atoms with Crippen molar-refractivity contribution in [2.75, 3.05) is 0 Å². The summed E-state index contributed by atoms with van der Waals surface area (Å²) in [6.07, 6.45) is 2.96. The molecule has 0 saturated heterocycles. The van der Waals surface area contributed by atoms with Gasteiger partial charge in [-0.25, -0.2) is 0 Å². The minimum atomic E-state index is -0.293. The van der Waals surface area contributed by atoms with E-state index in [1.165, 1.54) is 24.5 Å². The van der Waals surface area contributed by atoms with Crippen LogP contribution in [-0.4, -0.2) is 21.8 Å². The number of H-pyrrole nitrogens is 2. The van der Waals surface area contributed by atoms with Crippen molar-refractivity contribution in [3.05, 3.63) is 82.4 Å². The summed E-state index contributed by atoms with van der Waals surface area (Å²) < 4.78 is 0. The van der Waals surface area contributed by atoms with Crippen molar-refractivity contribution < 1.29 is 9.59 Å². The van der Waals surface area contributed by atoms with Crippen molar-refractivity contribution in [2.45, 2.75) is 19.5 Å². The number of nitrogens with one attached hydrogen (secondary N) is 4. The first-order chi connectivity index (χ1) is 14.0. The zero-order valence-electron chi connectivity index (χ0n) is 15.6. The average Bonchev–Trinajstić information content (AvgIpc) is 3.41. The summed E-state index contributed by atoms with van der Waals surface area (Å²) in [5.41, 5.74) is 3.27. The number of rotatable bonds is 6. The lowest BCUT2D eigenvalue weighted by molar-refractivity contribution is 0.0931. The third kappa shape index (κ3) is 4.71. The van der Waals surface area contributed by atoms with Crippen LogP contribution < -0.4 is 10.6 Å². The number of hydrogen-bond donors (Lipinski definition) is 4. The molecule has 29 heavy (non-hydrogen) atoms. The number of hydrogen-bond acceptors (Lipinski definition) is 4. The first-order valence-corrected chi connectivity index (χ1v) is 8.85. The number of aromatic nitrogens is 2. The molecule has 1 aromatic carbocycles. The fraction of sp³-hybridized carbons (Fsp3) is 0.143. The van der Waals surface area contributed by atoms with Crippen LogP contribution in [0.4, 0.5) is 0 Å². The zero-order valence-corrected chi connectivity index (χ0v) is 15.6. The fourth-order valence-corrected chi connectivity index (χ4v) is 2.74. The Kier molecular flexibility index (Phi) is 5.77. The van der Waals surface area contributed by atoms with Gasteiger partial charge in [0.05, 0.1) is 17.2 Å². The van der Waals surface area contributed by atoms with Gasteiger partial charge in [-0.1, -0.05) is 24.3 Å². The van der Waals surface area contributed by atoms with Crippen LogP contribution in [0.25, 0.3) is 0 Å². The van der Waals surface area contributed by atoms with Crippen LogP contribution in [0.1, 0.15) is 56.2 Å². The molecule has 8 nitrogen and oxygen atoms in total. The minimum Gasteiger partial charge on any atom is -0.356 e. The van der Waals surface area contributed by atoms with Gasteiger partial charge in [-0.3, -0.25) is 9.59 Å². The molecule has 0 aliphatic heterocycles. The molecule has 3 aromatic rings. The van der Waals surface area contributed by atoms with Crippen LogP contribution in [0.5, 0.6) is 0 Å². The summed E-state index contributed by atoms with van der Waals surface area (Å²) in [7, 11) is 0. The van der Waals surface area contributed by atoms with Crippen molar-refractivity contribution in [1.82, 2.24) is 20.6 Å². The zero-order chi connectivity index (χ0) is 20.8. The molecule has 144 valence electrons. The molecule has 0 fully saturated rings. The largest absolute Gasteiger partial charge is 0.356 e. The van der Waals surface area contributed by atoms with Gasteiger partial charge >= 0.3 is 0 Å². The van der Waals surface area contributed by atoms with Gasteiger partial charge < -0.3 is 20.6 Å². The molecule has 0 spiro atoms. The Balaban J connectivity index is 1.55. The number of nitriles is 2. The average molecular weight is 386 g/mol. The number of nitrogens with zero attached hydrogens (tertiary/aromatic N) is 2. The summed E-state index contributed by atoms with van der Waals surface area (Å²) in [6, 6.07) is 14.2. The summed E-state index contributed by atoms with van der Waals surface area (Å²) >= 11 is 0. The third-order valence-corrected chi connectivity index (χ3v) is 4.39. The first kappa shape index (κ1) is 19.5. The maximum atomic E-state index is 12.2. The number of carbonyl (C=O) groups is 2. The van der Waals surface area contributed by atoms with Crippen molar-refractivity contribution in [3.63, 3.8) is 0 Å². The van der Waals surface area contributed by atoms with Crippen molar-refractivity contribution in [2.24, 2.45) is 0 Å². The SMILES string of the molecule is CC(NC(=O)c1cc(C#N)c[nH]1)c1ccc(CNC(=O)c2cc(C#N)c[nH]2)cc1. The van der Waals surface area contributed by atoms with Crippen LogP contribution >= 0.6 is 0 Å². The molecule has 3 rings (SSSR count). The number of aromatic amines is 2. The highest BCUT2D eigenvalue weighted by molar-refractivity contribution is 5.93. The predicted octanol–water partition coefficient (Wildman–Crippen LogP) is 2.51. The van der Waals surface area contributed by atoms with E-state index in [2.05, 4.69) is 20.6 Å². The van der Waals surface area contributed by atoms with E-state index in [4.69, 9.17) is 10.5 Å². The lowest BCUT2D eigenvalue weighted by Gasteiger charge is -2.14. The van der Waals surface area contributed by atoms with Crippen LogP contribution in [0, 0.1) is 22.7 Å². The highest BCUT2D eigenvalue weighted by atomic mass is 16.2. The van der Waals surface area contributed by atoms with E-state index in [9.17, 15) is 9.59 Å². The number of benzene rings is 1. The summed E-state index contributed by atoms with van der Waals surface area (Å²) in [5, 5.41) is 23.3. The highest BCUT2D eigenvalue weighted by Crippen LogP contribution is 2.15. The van der Waals surface area contributed by atoms with Gasteiger partial charge in [0.15, 0.2) is 0 Å². The van der Waals surface area contributed by atoms with Gasteiger partial charge in [0.25, 0.3) is 11.8 Å². The predicted molar refractivity (Wildman–Crippen MR) is 105 cm³/mol. The number of carbonyl (C=O) groups excluding carboxylic acids is 2. The van der Waals surface area contributed by atoms with E-state index >= 15 is 0 Å². The molecule has 1 atom stereocenters.